The third kappa shape index (κ3) is 2.39. The maximum Gasteiger partial charge on any atom is 0.305 e. The van der Waals surface area contributed by atoms with Crippen LogP contribution in [0.2, 0.25) is 0 Å². The van der Waals surface area contributed by atoms with Crippen molar-refractivity contribution < 1.29 is 18.5 Å². The van der Waals surface area contributed by atoms with E-state index in [0.717, 1.165) is 0 Å². The fraction of sp³-hybridized carbons (Fsp3) is 0.188. The number of para-hydroxylation sites is 1. The molecule has 1 aliphatic heterocycles. The summed E-state index contributed by atoms with van der Waals surface area (Å²) in [6.45, 7) is 1.73. The molecule has 22 heavy (non-hydrogen) atoms. The predicted octanol–water partition coefficient (Wildman–Crippen LogP) is 3.19. The number of aliphatic carboxylic acids is 1. The molecule has 2 aromatic carbocycles. The summed E-state index contributed by atoms with van der Waals surface area (Å²) in [7, 11) is -1.76. The number of carbonyl (C=O) groups is 1. The summed E-state index contributed by atoms with van der Waals surface area (Å²) >= 11 is 0. The molecule has 0 saturated heterocycles. The monoisotopic (exact) mass is 319 g/mol. The molecular weight excluding hydrogens is 305 g/mol. The first-order chi connectivity index (χ1) is 10.5. The first kappa shape index (κ1) is 14.7. The topological polar surface area (TPSA) is 57.6 Å². The molecule has 1 aliphatic rings. The summed E-state index contributed by atoms with van der Waals surface area (Å²) < 4.78 is 28.4. The molecule has 2 unspecified atom stereocenters. The number of hydrogen-bond donors (Lipinski definition) is 1. The summed E-state index contributed by atoms with van der Waals surface area (Å²) in [5, 5.41) is 9.17. The van der Waals surface area contributed by atoms with Crippen molar-refractivity contribution in [3.05, 3.63) is 59.4 Å². The summed E-state index contributed by atoms with van der Waals surface area (Å²) in [4.78, 5) is 11.3. The summed E-state index contributed by atoms with van der Waals surface area (Å²) in [5.74, 6) is -1.57. The molecule has 0 saturated carbocycles. The average molecular weight is 319 g/mol. The fourth-order valence-corrected chi connectivity index (χ4v) is 4.29. The SMILES string of the molecule is Cc1cc(F)c2c(c1)C(CC(=O)O)N(c1ccccc1)S2=O. The Hall–Kier alpha value is -2.21. The second-order valence-electron chi connectivity index (χ2n) is 5.19. The number of halogens is 1. The van der Waals surface area contributed by atoms with Crippen LogP contribution in [0.15, 0.2) is 47.4 Å². The first-order valence-electron chi connectivity index (χ1n) is 6.77. The van der Waals surface area contributed by atoms with Crippen LogP contribution >= 0.6 is 0 Å². The van der Waals surface area contributed by atoms with E-state index in [0.29, 0.717) is 16.8 Å². The highest BCUT2D eigenvalue weighted by atomic mass is 32.2. The van der Waals surface area contributed by atoms with Gasteiger partial charge in [0.05, 0.1) is 18.2 Å². The minimum absolute atomic E-state index is 0.0840. The van der Waals surface area contributed by atoms with E-state index in [4.69, 9.17) is 5.11 Å². The van der Waals surface area contributed by atoms with E-state index >= 15 is 0 Å². The number of fused-ring (bicyclic) bond motifs is 1. The molecule has 1 heterocycles. The molecule has 3 rings (SSSR count). The number of anilines is 1. The Morgan fingerprint density at radius 2 is 2.00 bits per heavy atom. The standard InChI is InChI=1S/C16H14FNO3S/c1-10-7-12-14(9-15(19)20)18(11-5-3-2-4-6-11)22(21)16(12)13(17)8-10/h2-8,14H,9H2,1H3,(H,19,20). The van der Waals surface area contributed by atoms with Gasteiger partial charge in [-0.1, -0.05) is 24.3 Å². The summed E-state index contributed by atoms with van der Waals surface area (Å²) in [6.07, 6.45) is -0.240. The van der Waals surface area contributed by atoms with Crippen LogP contribution in [0.5, 0.6) is 0 Å². The molecule has 1 N–H and O–H groups in total. The Balaban J connectivity index is 2.17. The Morgan fingerprint density at radius 3 is 2.64 bits per heavy atom. The maximum absolute atomic E-state index is 14.2. The average Bonchev–Trinajstić information content (AvgIpc) is 2.72. The number of hydrogen-bond acceptors (Lipinski definition) is 2. The van der Waals surface area contributed by atoms with Crippen molar-refractivity contribution in [3.63, 3.8) is 0 Å². The zero-order chi connectivity index (χ0) is 15.9. The molecular formula is C16H14FNO3S. The van der Waals surface area contributed by atoms with Crippen LogP contribution in [0, 0.1) is 12.7 Å². The van der Waals surface area contributed by atoms with Crippen molar-refractivity contribution in [1.82, 2.24) is 0 Å². The lowest BCUT2D eigenvalue weighted by atomic mass is 10.0. The Bertz CT molecular complexity index is 763. The highest BCUT2D eigenvalue weighted by Gasteiger charge is 2.40. The van der Waals surface area contributed by atoms with Gasteiger partial charge in [0.2, 0.25) is 0 Å². The number of nitrogens with zero attached hydrogens (tertiary/aromatic N) is 1. The molecule has 2 aromatic rings. The lowest BCUT2D eigenvalue weighted by Gasteiger charge is -2.24. The lowest BCUT2D eigenvalue weighted by molar-refractivity contribution is -0.137. The van der Waals surface area contributed by atoms with Crippen LogP contribution in [-0.4, -0.2) is 15.3 Å². The zero-order valence-corrected chi connectivity index (χ0v) is 12.6. The van der Waals surface area contributed by atoms with E-state index in [1.165, 1.54) is 10.4 Å². The largest absolute Gasteiger partial charge is 0.481 e. The van der Waals surface area contributed by atoms with Crippen molar-refractivity contribution in [2.24, 2.45) is 0 Å². The first-order valence-corrected chi connectivity index (χ1v) is 7.87. The molecule has 2 atom stereocenters. The van der Waals surface area contributed by atoms with E-state index in [1.807, 2.05) is 6.07 Å². The molecule has 0 bridgehead atoms. The van der Waals surface area contributed by atoms with Gasteiger partial charge in [0.15, 0.2) is 11.0 Å². The van der Waals surface area contributed by atoms with Crippen molar-refractivity contribution in [3.8, 4) is 0 Å². The van der Waals surface area contributed by atoms with Gasteiger partial charge < -0.3 is 5.11 Å². The number of carboxylic acids is 1. The summed E-state index contributed by atoms with van der Waals surface area (Å²) in [5.41, 5.74) is 1.78. The quantitative estimate of drug-likeness (QED) is 0.945. The van der Waals surface area contributed by atoms with Crippen LogP contribution in [0.4, 0.5) is 10.1 Å². The molecule has 6 heteroatoms. The van der Waals surface area contributed by atoms with Gasteiger partial charge in [0.25, 0.3) is 0 Å². The van der Waals surface area contributed by atoms with E-state index in [-0.39, 0.29) is 11.3 Å². The fourth-order valence-electron chi connectivity index (χ4n) is 2.74. The smallest absolute Gasteiger partial charge is 0.305 e. The van der Waals surface area contributed by atoms with Gasteiger partial charge >= 0.3 is 5.97 Å². The number of benzene rings is 2. The van der Waals surface area contributed by atoms with Gasteiger partial charge in [-0.3, -0.25) is 9.10 Å². The second kappa shape index (κ2) is 5.53. The van der Waals surface area contributed by atoms with Gasteiger partial charge in [-0.2, -0.15) is 0 Å². The second-order valence-corrected chi connectivity index (χ2v) is 6.49. The highest BCUT2D eigenvalue weighted by molar-refractivity contribution is 7.87. The number of carboxylic acid groups (broad SMARTS) is 1. The molecule has 4 nitrogen and oxygen atoms in total. The van der Waals surface area contributed by atoms with E-state index in [2.05, 4.69) is 0 Å². The van der Waals surface area contributed by atoms with E-state index in [1.54, 1.807) is 37.3 Å². The van der Waals surface area contributed by atoms with Gasteiger partial charge in [-0.25, -0.2) is 8.60 Å². The van der Waals surface area contributed by atoms with Crippen LogP contribution in [0.3, 0.4) is 0 Å². The number of aryl methyl sites for hydroxylation is 1. The predicted molar refractivity (Wildman–Crippen MR) is 81.5 cm³/mol. The normalized spacial score (nSPS) is 20.0. The van der Waals surface area contributed by atoms with E-state index < -0.39 is 28.8 Å². The van der Waals surface area contributed by atoms with Crippen molar-refractivity contribution >= 4 is 22.6 Å². The van der Waals surface area contributed by atoms with Crippen molar-refractivity contribution in [2.45, 2.75) is 24.3 Å². The van der Waals surface area contributed by atoms with Crippen molar-refractivity contribution in [1.29, 1.82) is 0 Å². The van der Waals surface area contributed by atoms with E-state index in [9.17, 15) is 13.4 Å². The molecule has 0 aliphatic carbocycles. The van der Waals surface area contributed by atoms with Crippen LogP contribution in [0.1, 0.15) is 23.6 Å². The highest BCUT2D eigenvalue weighted by Crippen LogP contribution is 2.43. The van der Waals surface area contributed by atoms with Crippen LogP contribution in [-0.2, 0) is 15.8 Å². The van der Waals surface area contributed by atoms with Gasteiger partial charge in [-0.05, 0) is 36.2 Å². The zero-order valence-electron chi connectivity index (χ0n) is 11.8. The van der Waals surface area contributed by atoms with Gasteiger partial charge in [0, 0.05) is 0 Å². The van der Waals surface area contributed by atoms with Crippen molar-refractivity contribution in [2.75, 3.05) is 4.31 Å². The molecule has 0 radical (unpaired) electrons. The molecule has 0 aromatic heterocycles. The third-order valence-corrected chi connectivity index (χ3v) is 5.19. The summed E-state index contributed by atoms with van der Waals surface area (Å²) in [6, 6.07) is 11.2. The van der Waals surface area contributed by atoms with Crippen LogP contribution in [0.25, 0.3) is 0 Å². The molecule has 0 fully saturated rings. The Kier molecular flexibility index (Phi) is 3.70. The molecule has 0 amide bonds. The Labute approximate surface area is 129 Å². The van der Waals surface area contributed by atoms with Crippen LogP contribution < -0.4 is 4.31 Å². The maximum atomic E-state index is 14.2. The minimum atomic E-state index is -1.76. The van der Waals surface area contributed by atoms with Gasteiger partial charge in [0.1, 0.15) is 10.7 Å². The Morgan fingerprint density at radius 1 is 1.32 bits per heavy atom. The van der Waals surface area contributed by atoms with Gasteiger partial charge in [-0.15, -0.1) is 0 Å². The lowest BCUT2D eigenvalue weighted by Crippen LogP contribution is -2.25. The molecule has 114 valence electrons. The minimum Gasteiger partial charge on any atom is -0.481 e. The number of rotatable bonds is 3. The third-order valence-electron chi connectivity index (χ3n) is 3.59. The molecule has 0 spiro atoms.